The zero-order chi connectivity index (χ0) is 15.1. The van der Waals surface area contributed by atoms with Crippen LogP contribution in [0.4, 0.5) is 0 Å². The van der Waals surface area contributed by atoms with Crippen LogP contribution < -0.4 is 10.1 Å². The summed E-state index contributed by atoms with van der Waals surface area (Å²) in [4.78, 5) is 33.4. The van der Waals surface area contributed by atoms with Crippen LogP contribution in [-0.2, 0) is 9.59 Å². The maximum absolute atomic E-state index is 11.8. The van der Waals surface area contributed by atoms with Gasteiger partial charge in [0, 0.05) is 18.9 Å². The van der Waals surface area contributed by atoms with Crippen LogP contribution in [0.2, 0.25) is 0 Å². The fraction of sp³-hybridized carbons (Fsp3) is 0.214. The second-order valence-corrected chi connectivity index (χ2v) is 3.89. The molecule has 0 aliphatic rings. The first-order valence-electron chi connectivity index (χ1n) is 5.69. The second kappa shape index (κ2) is 6.95. The van der Waals surface area contributed by atoms with Crippen molar-refractivity contribution in [2.75, 3.05) is 0 Å². The molecule has 0 heterocycles. The number of hydrogen-bond acceptors (Lipinski definition) is 4. The van der Waals surface area contributed by atoms with E-state index >= 15 is 0 Å². The first-order chi connectivity index (χ1) is 9.43. The van der Waals surface area contributed by atoms with Gasteiger partial charge in [0.05, 0.1) is 0 Å². The zero-order valence-corrected chi connectivity index (χ0v) is 10.8. The molecule has 0 aliphatic carbocycles. The Kier molecular flexibility index (Phi) is 5.30. The van der Waals surface area contributed by atoms with Gasteiger partial charge in [-0.25, -0.2) is 4.79 Å². The summed E-state index contributed by atoms with van der Waals surface area (Å²) in [7, 11) is 0. The third kappa shape index (κ3) is 4.46. The fourth-order valence-corrected chi connectivity index (χ4v) is 1.40. The first kappa shape index (κ1) is 15.2. The predicted molar refractivity (Wildman–Crippen MR) is 70.1 cm³/mol. The van der Waals surface area contributed by atoms with Crippen molar-refractivity contribution in [1.29, 1.82) is 0 Å². The van der Waals surface area contributed by atoms with Crippen LogP contribution in [0.25, 0.3) is 0 Å². The molecule has 0 bridgehead atoms. The van der Waals surface area contributed by atoms with Crippen molar-refractivity contribution in [1.82, 2.24) is 5.32 Å². The number of carboxylic acids is 1. The molecule has 0 fully saturated rings. The smallest absolute Gasteiger partial charge is 0.327 e. The molecule has 20 heavy (non-hydrogen) atoms. The summed E-state index contributed by atoms with van der Waals surface area (Å²) in [6, 6.07) is 4.58. The third-order valence-corrected chi connectivity index (χ3v) is 2.30. The van der Waals surface area contributed by atoms with Crippen molar-refractivity contribution in [3.63, 3.8) is 0 Å². The number of amides is 1. The minimum absolute atomic E-state index is 0.105. The van der Waals surface area contributed by atoms with Crippen molar-refractivity contribution in [3.8, 4) is 18.1 Å². The minimum atomic E-state index is -1.20. The zero-order valence-electron chi connectivity index (χ0n) is 10.8. The van der Waals surface area contributed by atoms with Gasteiger partial charge >= 0.3 is 11.9 Å². The Morgan fingerprint density at radius 3 is 2.40 bits per heavy atom. The van der Waals surface area contributed by atoms with Gasteiger partial charge in [-0.3, -0.25) is 9.59 Å². The number of rotatable bonds is 5. The van der Waals surface area contributed by atoms with Crippen molar-refractivity contribution >= 4 is 17.8 Å². The quantitative estimate of drug-likeness (QED) is 0.471. The van der Waals surface area contributed by atoms with Gasteiger partial charge in [0.15, 0.2) is 0 Å². The Hall–Kier alpha value is -2.81. The molecule has 1 aromatic rings. The number of carbonyl (C=O) groups is 3. The van der Waals surface area contributed by atoms with Crippen LogP contribution in [0.5, 0.6) is 5.75 Å². The number of benzene rings is 1. The molecule has 0 saturated heterocycles. The van der Waals surface area contributed by atoms with Crippen LogP contribution in [0, 0.1) is 12.3 Å². The molecule has 104 valence electrons. The Labute approximate surface area is 115 Å². The minimum Gasteiger partial charge on any atom is -0.480 e. The summed E-state index contributed by atoms with van der Waals surface area (Å²) < 4.78 is 4.82. The monoisotopic (exact) mass is 275 g/mol. The van der Waals surface area contributed by atoms with Gasteiger partial charge in [-0.1, -0.05) is 0 Å². The van der Waals surface area contributed by atoms with Gasteiger partial charge < -0.3 is 15.2 Å². The second-order valence-electron chi connectivity index (χ2n) is 3.89. The third-order valence-electron chi connectivity index (χ3n) is 2.30. The summed E-state index contributed by atoms with van der Waals surface area (Å²) in [6.45, 7) is 1.26. The average Bonchev–Trinajstić information content (AvgIpc) is 2.38. The molecule has 0 aliphatic heterocycles. The molecule has 0 unspecified atom stereocenters. The lowest BCUT2D eigenvalue weighted by atomic mass is 10.1. The van der Waals surface area contributed by atoms with Crippen LogP contribution >= 0.6 is 0 Å². The van der Waals surface area contributed by atoms with Crippen molar-refractivity contribution in [2.24, 2.45) is 0 Å². The summed E-state index contributed by atoms with van der Waals surface area (Å²) in [6.07, 6.45) is 4.93. The number of terminal acetylenes is 1. The highest BCUT2D eigenvalue weighted by atomic mass is 16.5. The molecule has 0 aromatic heterocycles. The van der Waals surface area contributed by atoms with E-state index in [0.29, 0.717) is 5.75 Å². The van der Waals surface area contributed by atoms with E-state index in [0.717, 1.165) is 0 Å². The molecular weight excluding hydrogens is 262 g/mol. The van der Waals surface area contributed by atoms with E-state index in [1.807, 2.05) is 0 Å². The number of ether oxygens (including phenoxy) is 1. The largest absolute Gasteiger partial charge is 0.480 e. The van der Waals surface area contributed by atoms with Gasteiger partial charge in [0.1, 0.15) is 11.8 Å². The van der Waals surface area contributed by atoms with Crippen LogP contribution in [-0.4, -0.2) is 29.0 Å². The Bertz CT molecular complexity index is 556. The lowest BCUT2D eigenvalue weighted by molar-refractivity contribution is -0.139. The van der Waals surface area contributed by atoms with E-state index in [-0.39, 0.29) is 12.0 Å². The van der Waals surface area contributed by atoms with Crippen molar-refractivity contribution < 1.29 is 24.2 Å². The van der Waals surface area contributed by atoms with Gasteiger partial charge in [-0.05, 0) is 24.3 Å². The number of carbonyl (C=O) groups excluding carboxylic acids is 2. The van der Waals surface area contributed by atoms with Gasteiger partial charge in [0.25, 0.3) is 5.91 Å². The van der Waals surface area contributed by atoms with Crippen molar-refractivity contribution in [3.05, 3.63) is 29.8 Å². The van der Waals surface area contributed by atoms with E-state index in [4.69, 9.17) is 16.3 Å². The molecule has 2 N–H and O–H groups in total. The lowest BCUT2D eigenvalue weighted by Gasteiger charge is -2.11. The number of hydrogen-bond donors (Lipinski definition) is 2. The van der Waals surface area contributed by atoms with E-state index in [1.54, 1.807) is 0 Å². The molecule has 1 aromatic carbocycles. The van der Waals surface area contributed by atoms with Crippen LogP contribution in [0.1, 0.15) is 23.7 Å². The summed E-state index contributed by atoms with van der Waals surface area (Å²) in [5.41, 5.74) is 0.240. The molecule has 1 rings (SSSR count). The molecule has 0 radical (unpaired) electrons. The number of esters is 1. The van der Waals surface area contributed by atoms with Crippen LogP contribution in [0.3, 0.4) is 0 Å². The highest BCUT2D eigenvalue weighted by molar-refractivity contribution is 5.96. The highest BCUT2D eigenvalue weighted by Gasteiger charge is 2.19. The average molecular weight is 275 g/mol. The Morgan fingerprint density at radius 2 is 1.95 bits per heavy atom. The van der Waals surface area contributed by atoms with Gasteiger partial charge in [0.2, 0.25) is 0 Å². The highest BCUT2D eigenvalue weighted by Crippen LogP contribution is 2.12. The number of carboxylic acid groups (broad SMARTS) is 1. The maximum Gasteiger partial charge on any atom is 0.327 e. The van der Waals surface area contributed by atoms with E-state index < -0.39 is 23.9 Å². The predicted octanol–water partition coefficient (Wildman–Crippen LogP) is 0.818. The molecule has 0 spiro atoms. The maximum atomic E-state index is 11.8. The molecule has 6 heteroatoms. The van der Waals surface area contributed by atoms with Gasteiger partial charge in [-0.2, -0.15) is 0 Å². The fourth-order valence-electron chi connectivity index (χ4n) is 1.40. The molecule has 1 amide bonds. The SMILES string of the molecule is C#CC[C@H](NC(=O)c1ccc(OC(C)=O)cc1)C(=O)O. The lowest BCUT2D eigenvalue weighted by Crippen LogP contribution is -2.40. The molecule has 0 saturated carbocycles. The Morgan fingerprint density at radius 1 is 1.35 bits per heavy atom. The van der Waals surface area contributed by atoms with E-state index in [9.17, 15) is 14.4 Å². The number of nitrogens with one attached hydrogen (secondary N) is 1. The number of aliphatic carboxylic acids is 1. The van der Waals surface area contributed by atoms with Gasteiger partial charge in [-0.15, -0.1) is 12.3 Å². The molecule has 1 atom stereocenters. The van der Waals surface area contributed by atoms with E-state index in [1.165, 1.54) is 31.2 Å². The van der Waals surface area contributed by atoms with Crippen molar-refractivity contribution in [2.45, 2.75) is 19.4 Å². The Balaban J connectivity index is 2.75. The first-order valence-corrected chi connectivity index (χ1v) is 5.69. The normalized spacial score (nSPS) is 11.0. The summed E-state index contributed by atoms with van der Waals surface area (Å²) in [5.74, 6) is 0.243. The standard InChI is InChI=1S/C14H13NO5/c1-3-4-12(14(18)19)15-13(17)10-5-7-11(8-6-10)20-9(2)16/h1,5-8,12H,4H2,2H3,(H,15,17)(H,18,19)/t12-/m0/s1. The van der Waals surface area contributed by atoms with Crippen LogP contribution in [0.15, 0.2) is 24.3 Å². The summed E-state index contributed by atoms with van der Waals surface area (Å²) >= 11 is 0. The molecular formula is C14H13NO5. The summed E-state index contributed by atoms with van der Waals surface area (Å²) in [5, 5.41) is 11.2. The van der Waals surface area contributed by atoms with E-state index in [2.05, 4.69) is 11.2 Å². The topological polar surface area (TPSA) is 92.7 Å². The molecule has 6 nitrogen and oxygen atoms in total.